The van der Waals surface area contributed by atoms with Gasteiger partial charge in [0.25, 0.3) is 0 Å². The van der Waals surface area contributed by atoms with Gasteiger partial charge in [0.05, 0.1) is 0 Å². The Kier molecular flexibility index (Phi) is 25.0. The van der Waals surface area contributed by atoms with E-state index in [1.807, 2.05) is 27.7 Å². The second-order valence-corrected chi connectivity index (χ2v) is 6.38. The van der Waals surface area contributed by atoms with Gasteiger partial charge in [-0.15, -0.1) is 0 Å². The van der Waals surface area contributed by atoms with Crippen LogP contribution >= 0.6 is 0 Å². The maximum Gasteiger partial charge on any atom is 0.0351 e. The first kappa shape index (κ1) is 26.6. The lowest BCUT2D eigenvalue weighted by Gasteiger charge is -2.34. The molecule has 0 aromatic heterocycles. The molecule has 0 aliphatic heterocycles. The van der Waals surface area contributed by atoms with E-state index in [2.05, 4.69) is 37.7 Å². The highest BCUT2D eigenvalue weighted by Crippen LogP contribution is 2.39. The zero-order chi connectivity index (χ0) is 17.9. The monoisotopic (exact) mass is 314 g/mol. The van der Waals surface area contributed by atoms with E-state index in [4.69, 9.17) is 0 Å². The molecule has 1 aliphatic carbocycles. The van der Waals surface area contributed by atoms with Crippen LogP contribution in [0.5, 0.6) is 0 Å². The molecule has 136 valence electrons. The Morgan fingerprint density at radius 2 is 1.59 bits per heavy atom. The Hall–Kier alpha value is -0.300. The summed E-state index contributed by atoms with van der Waals surface area (Å²) in [6.45, 7) is 15.1. The molecule has 22 heavy (non-hydrogen) atoms. The van der Waals surface area contributed by atoms with Crippen LogP contribution in [0.4, 0.5) is 0 Å². The number of allylic oxidation sites excluding steroid dienone is 2. The standard InChI is InChI=1S/C15H28.C2H6O.2C2H6/c1-4-5-6-7-8-10-14-11-9-12-15(2,3)13-14;1-3-2;2*1-2/h7-8,14H,4-6,9-13H2,1-3H3;1-2H3;2*1-2H3/b8-7-;;;. The van der Waals surface area contributed by atoms with Gasteiger partial charge in [-0.1, -0.05) is 86.3 Å². The van der Waals surface area contributed by atoms with Crippen LogP contribution in [0.15, 0.2) is 12.2 Å². The van der Waals surface area contributed by atoms with Gasteiger partial charge in [-0.2, -0.15) is 0 Å². The molecule has 0 radical (unpaired) electrons. The van der Waals surface area contributed by atoms with E-state index in [-0.39, 0.29) is 0 Å². The topological polar surface area (TPSA) is 9.23 Å². The van der Waals surface area contributed by atoms with Crippen LogP contribution in [-0.4, -0.2) is 14.2 Å². The quantitative estimate of drug-likeness (QED) is 0.374. The highest BCUT2D eigenvalue weighted by molar-refractivity contribution is 4.88. The molecule has 1 heteroatoms. The van der Waals surface area contributed by atoms with Crippen LogP contribution in [0.3, 0.4) is 0 Å². The summed E-state index contributed by atoms with van der Waals surface area (Å²) in [4.78, 5) is 0. The van der Waals surface area contributed by atoms with Crippen molar-refractivity contribution in [3.05, 3.63) is 12.2 Å². The molecule has 1 rings (SSSR count). The average molecular weight is 315 g/mol. The first-order valence-electron chi connectivity index (χ1n) is 9.61. The molecule has 1 unspecified atom stereocenters. The van der Waals surface area contributed by atoms with Crippen LogP contribution in [-0.2, 0) is 4.74 Å². The fourth-order valence-electron chi connectivity index (χ4n) is 2.78. The van der Waals surface area contributed by atoms with E-state index >= 15 is 0 Å². The lowest BCUT2D eigenvalue weighted by molar-refractivity contribution is 0.181. The third-order valence-electron chi connectivity index (χ3n) is 3.67. The van der Waals surface area contributed by atoms with Gasteiger partial charge in [-0.3, -0.25) is 0 Å². The fraction of sp³-hybridized carbons (Fsp3) is 0.905. The number of methoxy groups -OCH3 is 1. The summed E-state index contributed by atoms with van der Waals surface area (Å²) in [7, 11) is 3.25. The van der Waals surface area contributed by atoms with Gasteiger partial charge < -0.3 is 4.74 Å². The molecule has 1 fully saturated rings. The molecule has 0 heterocycles. The molecule has 0 amide bonds. The Morgan fingerprint density at radius 3 is 2.05 bits per heavy atom. The third-order valence-corrected chi connectivity index (χ3v) is 3.67. The van der Waals surface area contributed by atoms with Crippen LogP contribution < -0.4 is 0 Å². The van der Waals surface area contributed by atoms with E-state index in [9.17, 15) is 0 Å². The highest BCUT2D eigenvalue weighted by Gasteiger charge is 2.26. The van der Waals surface area contributed by atoms with Gasteiger partial charge in [-0.05, 0) is 37.0 Å². The maximum atomic E-state index is 4.25. The minimum absolute atomic E-state index is 0.611. The molecule has 1 aliphatic rings. The van der Waals surface area contributed by atoms with Crippen LogP contribution in [0, 0.1) is 11.3 Å². The van der Waals surface area contributed by atoms with E-state index in [1.165, 1.54) is 51.4 Å². The van der Waals surface area contributed by atoms with Gasteiger partial charge >= 0.3 is 0 Å². The van der Waals surface area contributed by atoms with Crippen molar-refractivity contribution in [2.24, 2.45) is 11.3 Å². The fourth-order valence-corrected chi connectivity index (χ4v) is 2.78. The zero-order valence-corrected chi connectivity index (χ0v) is 17.3. The number of hydrogen-bond acceptors (Lipinski definition) is 1. The largest absolute Gasteiger partial charge is 0.388 e. The van der Waals surface area contributed by atoms with Crippen LogP contribution in [0.2, 0.25) is 0 Å². The summed E-state index contributed by atoms with van der Waals surface area (Å²) in [6.07, 6.45) is 15.9. The van der Waals surface area contributed by atoms with E-state index in [0.29, 0.717) is 5.41 Å². The Bertz CT molecular complexity index is 206. The van der Waals surface area contributed by atoms with Crippen molar-refractivity contribution in [1.29, 1.82) is 0 Å². The van der Waals surface area contributed by atoms with E-state index in [0.717, 1.165) is 5.92 Å². The minimum atomic E-state index is 0.611. The first-order valence-corrected chi connectivity index (χ1v) is 9.61. The molecule has 0 spiro atoms. The highest BCUT2D eigenvalue weighted by atomic mass is 16.4. The molecule has 1 saturated carbocycles. The molecule has 0 aromatic rings. The minimum Gasteiger partial charge on any atom is -0.388 e. The second kappa shape index (κ2) is 20.7. The third kappa shape index (κ3) is 19.7. The van der Waals surface area contributed by atoms with E-state index < -0.39 is 0 Å². The molecule has 1 atom stereocenters. The lowest BCUT2D eigenvalue weighted by Crippen LogP contribution is -2.22. The average Bonchev–Trinajstić information content (AvgIpc) is 2.51. The smallest absolute Gasteiger partial charge is 0.0351 e. The Morgan fingerprint density at radius 1 is 1.05 bits per heavy atom. The molecule has 0 saturated heterocycles. The van der Waals surface area contributed by atoms with Crippen LogP contribution in [0.1, 0.15) is 99.8 Å². The lowest BCUT2D eigenvalue weighted by atomic mass is 9.71. The molecule has 1 nitrogen and oxygen atoms in total. The van der Waals surface area contributed by atoms with Crippen molar-refractivity contribution >= 4 is 0 Å². The molecule has 0 bridgehead atoms. The predicted octanol–water partition coefficient (Wildman–Crippen LogP) is 7.65. The summed E-state index contributed by atoms with van der Waals surface area (Å²) in [5.74, 6) is 0.964. The summed E-state index contributed by atoms with van der Waals surface area (Å²) in [5, 5.41) is 0. The van der Waals surface area contributed by atoms with Crippen molar-refractivity contribution in [2.45, 2.75) is 99.8 Å². The Labute approximate surface area is 142 Å². The van der Waals surface area contributed by atoms with Crippen molar-refractivity contribution in [3.63, 3.8) is 0 Å². The number of ether oxygens (including phenoxy) is 1. The summed E-state index contributed by atoms with van der Waals surface area (Å²) < 4.78 is 4.25. The van der Waals surface area contributed by atoms with Crippen molar-refractivity contribution < 1.29 is 4.74 Å². The second-order valence-electron chi connectivity index (χ2n) is 6.38. The Balaban J connectivity index is -0.000000446. The number of rotatable bonds is 5. The number of hydrogen-bond donors (Lipinski definition) is 0. The van der Waals surface area contributed by atoms with E-state index in [1.54, 1.807) is 14.2 Å². The van der Waals surface area contributed by atoms with Gasteiger partial charge in [0.2, 0.25) is 0 Å². The zero-order valence-electron chi connectivity index (χ0n) is 17.3. The summed E-state index contributed by atoms with van der Waals surface area (Å²) in [6, 6.07) is 0. The van der Waals surface area contributed by atoms with Crippen LogP contribution in [0.25, 0.3) is 0 Å². The number of unbranched alkanes of at least 4 members (excludes halogenated alkanes) is 2. The molecule has 0 N–H and O–H groups in total. The normalized spacial score (nSPS) is 19.0. The molecule has 0 aromatic carbocycles. The van der Waals surface area contributed by atoms with Crippen molar-refractivity contribution in [2.75, 3.05) is 14.2 Å². The van der Waals surface area contributed by atoms with Gasteiger partial charge in [0.1, 0.15) is 0 Å². The SMILES string of the molecule is CC.CC.CCCC/C=C\CC1CCCC(C)(C)C1.COC. The van der Waals surface area contributed by atoms with Gasteiger partial charge in [0, 0.05) is 14.2 Å². The van der Waals surface area contributed by atoms with Gasteiger partial charge in [0.15, 0.2) is 0 Å². The first-order chi connectivity index (χ1) is 10.6. The predicted molar refractivity (Wildman–Crippen MR) is 105 cm³/mol. The van der Waals surface area contributed by atoms with Gasteiger partial charge in [-0.25, -0.2) is 0 Å². The van der Waals surface area contributed by atoms with Crippen molar-refractivity contribution in [3.8, 4) is 0 Å². The molecular formula is C21H46O. The molecular weight excluding hydrogens is 268 g/mol. The maximum absolute atomic E-state index is 4.25. The summed E-state index contributed by atoms with van der Waals surface area (Å²) >= 11 is 0. The summed E-state index contributed by atoms with van der Waals surface area (Å²) in [5.41, 5.74) is 0.611. The van der Waals surface area contributed by atoms with Crippen molar-refractivity contribution in [1.82, 2.24) is 0 Å².